The fourth-order valence-electron chi connectivity index (χ4n) is 2.63. The van der Waals surface area contributed by atoms with Crippen LogP contribution in [0.5, 0.6) is 5.75 Å². The van der Waals surface area contributed by atoms with Crippen LogP contribution in [-0.4, -0.2) is 5.97 Å². The normalized spacial score (nSPS) is 9.85. The minimum atomic E-state index is -0.300. The topological polar surface area (TPSA) is 73.9 Å². The Morgan fingerprint density at radius 1 is 0.741 bits per heavy atom. The van der Waals surface area contributed by atoms with Gasteiger partial charge in [-0.2, -0.15) is 10.5 Å². The van der Waals surface area contributed by atoms with Crippen LogP contribution in [0.15, 0.2) is 72.8 Å². The second-order valence-corrected chi connectivity index (χ2v) is 6.00. The Morgan fingerprint density at radius 3 is 1.74 bits per heavy atom. The molecule has 0 fully saturated rings. The molecular weight excluding hydrogens is 336 g/mol. The zero-order valence-corrected chi connectivity index (χ0v) is 14.6. The number of nitriles is 2. The van der Waals surface area contributed by atoms with Gasteiger partial charge in [0, 0.05) is 6.42 Å². The van der Waals surface area contributed by atoms with E-state index in [0.717, 1.165) is 16.7 Å². The summed E-state index contributed by atoms with van der Waals surface area (Å²) in [6.45, 7) is 0. The van der Waals surface area contributed by atoms with Crippen molar-refractivity contribution in [2.24, 2.45) is 0 Å². The summed E-state index contributed by atoms with van der Waals surface area (Å²) in [5.74, 6) is 0.197. The molecule has 0 heterocycles. The van der Waals surface area contributed by atoms with Crippen LogP contribution < -0.4 is 4.74 Å². The van der Waals surface area contributed by atoms with Crippen molar-refractivity contribution >= 4 is 5.97 Å². The van der Waals surface area contributed by atoms with Gasteiger partial charge in [0.2, 0.25) is 0 Å². The molecule has 27 heavy (non-hydrogen) atoms. The van der Waals surface area contributed by atoms with Gasteiger partial charge < -0.3 is 4.74 Å². The number of benzene rings is 3. The van der Waals surface area contributed by atoms with Gasteiger partial charge in [-0.05, 0) is 59.5 Å². The van der Waals surface area contributed by atoms with Crippen LogP contribution in [0.25, 0.3) is 11.1 Å². The summed E-state index contributed by atoms with van der Waals surface area (Å²) < 4.78 is 5.37. The lowest BCUT2D eigenvalue weighted by atomic mass is 10.0. The fraction of sp³-hybridized carbons (Fsp3) is 0.0870. The van der Waals surface area contributed by atoms with E-state index in [0.29, 0.717) is 23.3 Å². The first-order valence-corrected chi connectivity index (χ1v) is 8.48. The Balaban J connectivity index is 1.56. The Kier molecular flexibility index (Phi) is 5.62. The van der Waals surface area contributed by atoms with Gasteiger partial charge in [-0.3, -0.25) is 4.79 Å². The molecule has 0 saturated carbocycles. The van der Waals surface area contributed by atoms with E-state index in [2.05, 4.69) is 12.1 Å². The summed E-state index contributed by atoms with van der Waals surface area (Å²) in [4.78, 5) is 12.0. The van der Waals surface area contributed by atoms with E-state index in [9.17, 15) is 4.79 Å². The maximum absolute atomic E-state index is 12.0. The highest BCUT2D eigenvalue weighted by molar-refractivity contribution is 5.73. The number of esters is 1. The summed E-state index contributed by atoms with van der Waals surface area (Å²) in [7, 11) is 0. The lowest BCUT2D eigenvalue weighted by molar-refractivity contribution is -0.134. The standard InChI is InChI=1S/C23H16N2O2/c24-15-18-3-1-17(2-4-18)7-14-23(26)27-22-12-10-21(11-13-22)20-8-5-19(16-25)6-9-20/h1-6,8-13H,7,14H2. The van der Waals surface area contributed by atoms with Crippen molar-refractivity contribution < 1.29 is 9.53 Å². The van der Waals surface area contributed by atoms with Gasteiger partial charge in [0.15, 0.2) is 0 Å². The highest BCUT2D eigenvalue weighted by atomic mass is 16.5. The summed E-state index contributed by atoms with van der Waals surface area (Å²) in [6, 6.07) is 25.9. The highest BCUT2D eigenvalue weighted by Crippen LogP contribution is 2.23. The molecule has 0 spiro atoms. The number of rotatable bonds is 5. The van der Waals surface area contributed by atoms with Crippen molar-refractivity contribution in [3.63, 3.8) is 0 Å². The summed E-state index contributed by atoms with van der Waals surface area (Å²) in [6.07, 6.45) is 0.830. The first-order chi connectivity index (χ1) is 13.2. The van der Waals surface area contributed by atoms with Crippen LogP contribution >= 0.6 is 0 Å². The SMILES string of the molecule is N#Cc1ccc(CCC(=O)Oc2ccc(-c3ccc(C#N)cc3)cc2)cc1. The summed E-state index contributed by atoms with van der Waals surface area (Å²) in [5.41, 5.74) is 4.18. The maximum Gasteiger partial charge on any atom is 0.311 e. The monoisotopic (exact) mass is 352 g/mol. The van der Waals surface area contributed by atoms with Crippen LogP contribution in [0.4, 0.5) is 0 Å². The molecule has 3 aromatic rings. The lowest BCUT2D eigenvalue weighted by Crippen LogP contribution is -2.09. The van der Waals surface area contributed by atoms with Crippen molar-refractivity contribution in [3.05, 3.63) is 89.5 Å². The molecule has 0 amide bonds. The summed E-state index contributed by atoms with van der Waals surface area (Å²) >= 11 is 0. The van der Waals surface area contributed by atoms with E-state index in [1.165, 1.54) is 0 Å². The van der Waals surface area contributed by atoms with E-state index in [-0.39, 0.29) is 12.4 Å². The maximum atomic E-state index is 12.0. The van der Waals surface area contributed by atoms with Crippen LogP contribution in [0.2, 0.25) is 0 Å². The van der Waals surface area contributed by atoms with Crippen LogP contribution in [-0.2, 0) is 11.2 Å². The average Bonchev–Trinajstić information content (AvgIpc) is 2.73. The summed E-state index contributed by atoms with van der Waals surface area (Å²) in [5, 5.41) is 17.6. The van der Waals surface area contributed by atoms with E-state index in [1.54, 1.807) is 36.4 Å². The quantitative estimate of drug-likeness (QED) is 0.495. The molecule has 4 heteroatoms. The predicted molar refractivity (Wildman–Crippen MR) is 102 cm³/mol. The first kappa shape index (κ1) is 17.9. The third-order valence-corrected chi connectivity index (χ3v) is 4.13. The second kappa shape index (κ2) is 8.47. The van der Waals surface area contributed by atoms with Gasteiger partial charge in [0.25, 0.3) is 0 Å². The molecule has 0 aromatic heterocycles. The minimum absolute atomic E-state index is 0.267. The molecule has 0 aliphatic rings. The largest absolute Gasteiger partial charge is 0.427 e. The van der Waals surface area contributed by atoms with Crippen molar-refractivity contribution in [1.82, 2.24) is 0 Å². The van der Waals surface area contributed by atoms with E-state index in [1.807, 2.05) is 36.4 Å². The average molecular weight is 352 g/mol. The van der Waals surface area contributed by atoms with Crippen molar-refractivity contribution in [1.29, 1.82) is 10.5 Å². The predicted octanol–water partition coefficient (Wildman–Crippen LogP) is 4.64. The van der Waals surface area contributed by atoms with Gasteiger partial charge in [0.1, 0.15) is 5.75 Å². The Morgan fingerprint density at radius 2 is 1.22 bits per heavy atom. The Labute approximate surface area is 157 Å². The van der Waals surface area contributed by atoms with Crippen molar-refractivity contribution in [2.75, 3.05) is 0 Å². The molecule has 0 bridgehead atoms. The van der Waals surface area contributed by atoms with Gasteiger partial charge in [-0.15, -0.1) is 0 Å². The second-order valence-electron chi connectivity index (χ2n) is 6.00. The number of ether oxygens (including phenoxy) is 1. The lowest BCUT2D eigenvalue weighted by Gasteiger charge is -2.06. The molecule has 130 valence electrons. The van der Waals surface area contributed by atoms with Crippen LogP contribution in [0, 0.1) is 22.7 Å². The molecule has 3 rings (SSSR count). The van der Waals surface area contributed by atoms with Gasteiger partial charge in [0.05, 0.1) is 23.3 Å². The first-order valence-electron chi connectivity index (χ1n) is 8.48. The van der Waals surface area contributed by atoms with Gasteiger partial charge >= 0.3 is 5.97 Å². The molecule has 0 aliphatic carbocycles. The highest BCUT2D eigenvalue weighted by Gasteiger charge is 2.06. The molecule has 0 saturated heterocycles. The van der Waals surface area contributed by atoms with Crippen LogP contribution in [0.3, 0.4) is 0 Å². The zero-order valence-electron chi connectivity index (χ0n) is 14.6. The Bertz CT molecular complexity index is 1010. The van der Waals surface area contributed by atoms with Crippen molar-refractivity contribution in [2.45, 2.75) is 12.8 Å². The number of hydrogen-bond donors (Lipinski definition) is 0. The number of carbonyl (C=O) groups excluding carboxylic acids is 1. The molecule has 4 nitrogen and oxygen atoms in total. The molecular formula is C23H16N2O2. The Hall–Kier alpha value is -3.89. The number of carbonyl (C=O) groups is 1. The number of hydrogen-bond acceptors (Lipinski definition) is 4. The van der Waals surface area contributed by atoms with Crippen molar-refractivity contribution in [3.8, 4) is 29.0 Å². The van der Waals surface area contributed by atoms with E-state index in [4.69, 9.17) is 15.3 Å². The molecule has 0 aliphatic heterocycles. The molecule has 0 N–H and O–H groups in total. The molecule has 0 radical (unpaired) electrons. The smallest absolute Gasteiger partial charge is 0.311 e. The molecule has 0 atom stereocenters. The fourth-order valence-corrected chi connectivity index (χ4v) is 2.63. The zero-order chi connectivity index (χ0) is 19.1. The van der Waals surface area contributed by atoms with Gasteiger partial charge in [-0.1, -0.05) is 36.4 Å². The number of aryl methyl sites for hydroxylation is 1. The van der Waals surface area contributed by atoms with E-state index < -0.39 is 0 Å². The molecule has 0 unspecified atom stereocenters. The van der Waals surface area contributed by atoms with E-state index >= 15 is 0 Å². The minimum Gasteiger partial charge on any atom is -0.427 e. The third-order valence-electron chi connectivity index (χ3n) is 4.13. The third kappa shape index (κ3) is 4.81. The number of nitrogens with zero attached hydrogens (tertiary/aromatic N) is 2. The molecule has 3 aromatic carbocycles. The van der Waals surface area contributed by atoms with Crippen LogP contribution in [0.1, 0.15) is 23.1 Å². The van der Waals surface area contributed by atoms with Gasteiger partial charge in [-0.25, -0.2) is 0 Å².